The molecule has 206 valence electrons. The van der Waals surface area contributed by atoms with Crippen molar-refractivity contribution in [2.75, 3.05) is 17.2 Å². The number of carbonyl (C=O) groups is 1. The molecule has 8 heteroatoms. The van der Waals surface area contributed by atoms with Crippen LogP contribution in [0.15, 0.2) is 104 Å². The Bertz CT molecular complexity index is 1600. The van der Waals surface area contributed by atoms with Crippen molar-refractivity contribution in [3.05, 3.63) is 120 Å². The van der Waals surface area contributed by atoms with Crippen molar-refractivity contribution < 1.29 is 9.53 Å². The van der Waals surface area contributed by atoms with E-state index in [2.05, 4.69) is 56.0 Å². The van der Waals surface area contributed by atoms with Crippen molar-refractivity contribution in [2.24, 2.45) is 0 Å². The van der Waals surface area contributed by atoms with E-state index in [0.29, 0.717) is 35.1 Å². The van der Waals surface area contributed by atoms with Crippen LogP contribution < -0.4 is 15.4 Å². The van der Waals surface area contributed by atoms with E-state index in [-0.39, 0.29) is 5.92 Å². The Morgan fingerprint density at radius 2 is 1.71 bits per heavy atom. The van der Waals surface area contributed by atoms with Crippen LogP contribution >= 0.6 is 0 Å². The first-order valence-corrected chi connectivity index (χ1v) is 13.5. The average molecular weight is 545 g/mol. The number of benzene rings is 4. The van der Waals surface area contributed by atoms with Gasteiger partial charge in [-0.25, -0.2) is 4.79 Å². The normalized spacial score (nSPS) is 11.5. The van der Waals surface area contributed by atoms with Crippen molar-refractivity contribution in [1.29, 1.82) is 0 Å². The zero-order valence-electron chi connectivity index (χ0n) is 23.1. The third-order valence-corrected chi connectivity index (χ3v) is 6.69. The van der Waals surface area contributed by atoms with Crippen LogP contribution in [0.1, 0.15) is 36.0 Å². The van der Waals surface area contributed by atoms with E-state index < -0.39 is 6.03 Å². The topological polar surface area (TPSA) is 105 Å². The summed E-state index contributed by atoms with van der Waals surface area (Å²) < 4.78 is 6.44. The smallest absolute Gasteiger partial charge is 0.323 e. The maximum Gasteiger partial charge on any atom is 0.323 e. The second kappa shape index (κ2) is 12.7. The van der Waals surface area contributed by atoms with Crippen LogP contribution in [0, 0.1) is 6.92 Å². The highest BCUT2D eigenvalue weighted by Crippen LogP contribution is 2.48. The number of amides is 2. The molecule has 41 heavy (non-hydrogen) atoms. The number of ether oxygens (including phenoxy) is 1. The van der Waals surface area contributed by atoms with Crippen LogP contribution in [0.3, 0.4) is 0 Å². The highest BCUT2D eigenvalue weighted by Gasteiger charge is 2.28. The predicted molar refractivity (Wildman–Crippen MR) is 163 cm³/mol. The lowest BCUT2D eigenvalue weighted by Gasteiger charge is -2.25. The molecule has 0 aliphatic heterocycles. The van der Waals surface area contributed by atoms with Gasteiger partial charge in [0.2, 0.25) is 5.82 Å². The van der Waals surface area contributed by atoms with E-state index in [1.165, 1.54) is 0 Å². The van der Waals surface area contributed by atoms with Gasteiger partial charge in [-0.1, -0.05) is 91.4 Å². The third-order valence-electron chi connectivity index (χ3n) is 6.69. The number of rotatable bonds is 10. The summed E-state index contributed by atoms with van der Waals surface area (Å²) >= 11 is 0. The largest absolute Gasteiger partial charge is 0.491 e. The Hall–Kier alpha value is -5.24. The molecule has 0 fully saturated rings. The molecule has 5 rings (SSSR count). The van der Waals surface area contributed by atoms with Gasteiger partial charge in [-0.3, -0.25) is 0 Å². The number of urea groups is 1. The number of aromatic amines is 1. The quantitative estimate of drug-likeness (QED) is 0.157. The molecular formula is C33H32N6O2. The molecule has 1 heterocycles. The summed E-state index contributed by atoms with van der Waals surface area (Å²) in [5.74, 6) is 0.641. The van der Waals surface area contributed by atoms with E-state index in [1.807, 2.05) is 92.7 Å². The maximum absolute atomic E-state index is 13.5. The minimum absolute atomic E-state index is 0.217. The number of carbonyl (C=O) groups excluding carboxylic acids is 1. The Kier molecular flexibility index (Phi) is 8.49. The van der Waals surface area contributed by atoms with E-state index in [9.17, 15) is 4.79 Å². The first-order valence-electron chi connectivity index (χ1n) is 13.5. The van der Waals surface area contributed by atoms with E-state index >= 15 is 0 Å². The summed E-state index contributed by atoms with van der Waals surface area (Å²) in [5, 5.41) is 21.0. The summed E-state index contributed by atoms with van der Waals surface area (Å²) in [6.45, 7) is 8.65. The lowest BCUT2D eigenvalue weighted by Crippen LogP contribution is -2.21. The van der Waals surface area contributed by atoms with Gasteiger partial charge in [0.15, 0.2) is 0 Å². The first-order chi connectivity index (χ1) is 20.1. The summed E-state index contributed by atoms with van der Waals surface area (Å²) in [7, 11) is 0. The molecule has 5 aromatic rings. The fraction of sp³-hybridized carbons (Fsp3) is 0.152. The number of hydrogen-bond donors (Lipinski definition) is 3. The molecule has 2 amide bonds. The van der Waals surface area contributed by atoms with Gasteiger partial charge < -0.3 is 15.4 Å². The second-order valence-electron chi connectivity index (χ2n) is 9.61. The minimum atomic E-state index is -0.425. The van der Waals surface area contributed by atoms with E-state index in [1.54, 1.807) is 0 Å². The van der Waals surface area contributed by atoms with Crippen molar-refractivity contribution >= 4 is 17.4 Å². The molecule has 0 saturated heterocycles. The standard InChI is InChI=1S/C33H32N6O2/c1-4-20-41-31-28(26(5-2)23-12-8-6-9-13-23)21-27(24-14-10-7-11-15-24)29(32-36-38-39-37-32)30(31)35-33(40)34-25-18-16-22(3)17-19-25/h5-19,21,26H,2,4,20H2,1,3H3,(H2,34,35,40)(H,36,37,38,39). The van der Waals surface area contributed by atoms with Crippen molar-refractivity contribution in [2.45, 2.75) is 26.2 Å². The van der Waals surface area contributed by atoms with Crippen LogP contribution in [0.25, 0.3) is 22.5 Å². The zero-order chi connectivity index (χ0) is 28.6. The van der Waals surface area contributed by atoms with Gasteiger partial charge in [0.1, 0.15) is 5.75 Å². The lowest BCUT2D eigenvalue weighted by molar-refractivity contribution is 0.262. The third kappa shape index (κ3) is 6.17. The number of aromatic nitrogens is 4. The molecule has 8 nitrogen and oxygen atoms in total. The SMILES string of the molecule is C=CC(c1ccccc1)c1cc(-c2ccccc2)c(-c2nn[nH]n2)c(NC(=O)Nc2ccc(C)cc2)c1OCCC. The lowest BCUT2D eigenvalue weighted by atomic mass is 9.85. The number of hydrogen-bond acceptors (Lipinski definition) is 5. The Labute approximate surface area is 239 Å². The second-order valence-corrected chi connectivity index (χ2v) is 9.61. The summed E-state index contributed by atoms with van der Waals surface area (Å²) in [6, 6.07) is 29.3. The molecule has 0 bridgehead atoms. The van der Waals surface area contributed by atoms with Gasteiger partial charge in [0, 0.05) is 17.2 Å². The zero-order valence-corrected chi connectivity index (χ0v) is 23.1. The fourth-order valence-corrected chi connectivity index (χ4v) is 4.76. The van der Waals surface area contributed by atoms with Crippen molar-refractivity contribution in [1.82, 2.24) is 20.6 Å². The predicted octanol–water partition coefficient (Wildman–Crippen LogP) is 7.59. The highest BCUT2D eigenvalue weighted by molar-refractivity contribution is 6.06. The van der Waals surface area contributed by atoms with Gasteiger partial charge in [0.25, 0.3) is 0 Å². The van der Waals surface area contributed by atoms with E-state index in [4.69, 9.17) is 4.74 Å². The van der Waals surface area contributed by atoms with E-state index in [0.717, 1.165) is 34.2 Å². The number of nitrogens with zero attached hydrogens (tertiary/aromatic N) is 3. The summed E-state index contributed by atoms with van der Waals surface area (Å²) in [6.07, 6.45) is 2.67. The Morgan fingerprint density at radius 3 is 2.34 bits per heavy atom. The van der Waals surface area contributed by atoms with Gasteiger partial charge in [-0.05, 0) is 53.4 Å². The van der Waals surface area contributed by atoms with Crippen LogP contribution in [-0.4, -0.2) is 33.3 Å². The number of anilines is 2. The van der Waals surface area contributed by atoms with Gasteiger partial charge in [-0.15, -0.1) is 16.8 Å². The first kappa shape index (κ1) is 27.3. The van der Waals surface area contributed by atoms with Crippen molar-refractivity contribution in [3.8, 4) is 28.3 Å². The number of tetrazole rings is 1. The van der Waals surface area contributed by atoms with Crippen LogP contribution in [-0.2, 0) is 0 Å². The summed E-state index contributed by atoms with van der Waals surface area (Å²) in [5.41, 5.74) is 6.45. The number of nitrogens with one attached hydrogen (secondary N) is 3. The van der Waals surface area contributed by atoms with Crippen LogP contribution in [0.4, 0.5) is 16.2 Å². The molecule has 0 aliphatic carbocycles. The monoisotopic (exact) mass is 544 g/mol. The Balaban J connectivity index is 1.76. The molecule has 3 N–H and O–H groups in total. The minimum Gasteiger partial charge on any atom is -0.491 e. The average Bonchev–Trinajstić information content (AvgIpc) is 3.54. The van der Waals surface area contributed by atoms with Crippen LogP contribution in [0.2, 0.25) is 0 Å². The number of aryl methyl sites for hydroxylation is 1. The molecule has 0 spiro atoms. The molecule has 4 aromatic carbocycles. The van der Waals surface area contributed by atoms with Gasteiger partial charge in [0.05, 0.1) is 17.9 Å². The number of allylic oxidation sites excluding steroid dienone is 1. The van der Waals surface area contributed by atoms with Gasteiger partial charge >= 0.3 is 6.03 Å². The Morgan fingerprint density at radius 1 is 1.00 bits per heavy atom. The molecule has 1 atom stereocenters. The van der Waals surface area contributed by atoms with Crippen molar-refractivity contribution in [3.63, 3.8) is 0 Å². The molecule has 0 aliphatic rings. The highest BCUT2D eigenvalue weighted by atomic mass is 16.5. The summed E-state index contributed by atoms with van der Waals surface area (Å²) in [4.78, 5) is 13.5. The molecule has 1 unspecified atom stereocenters. The van der Waals surface area contributed by atoms with Gasteiger partial charge in [-0.2, -0.15) is 5.21 Å². The molecule has 0 saturated carbocycles. The maximum atomic E-state index is 13.5. The number of H-pyrrole nitrogens is 1. The molecule has 0 radical (unpaired) electrons. The molecular weight excluding hydrogens is 512 g/mol. The fourth-order valence-electron chi connectivity index (χ4n) is 4.76. The van der Waals surface area contributed by atoms with Crippen LogP contribution in [0.5, 0.6) is 5.75 Å². The molecule has 1 aromatic heterocycles.